The molecule has 2 N–H and O–H groups in total. The molecule has 2 heterocycles. The van der Waals surface area contributed by atoms with Crippen LogP contribution in [0.1, 0.15) is 16.0 Å². The van der Waals surface area contributed by atoms with Crippen molar-refractivity contribution in [2.24, 2.45) is 0 Å². The molecule has 0 saturated carbocycles. The molecule has 6 heteroatoms. The highest BCUT2D eigenvalue weighted by molar-refractivity contribution is 7.15. The van der Waals surface area contributed by atoms with Crippen molar-refractivity contribution < 1.29 is 9.84 Å². The van der Waals surface area contributed by atoms with Gasteiger partial charge < -0.3 is 9.84 Å². The molecule has 0 atom stereocenters. The van der Waals surface area contributed by atoms with Crippen molar-refractivity contribution in [3.63, 3.8) is 0 Å². The largest absolute Gasteiger partial charge is 0.507 e. The number of rotatable bonds is 5. The number of hydrogen-bond donors (Lipinski definition) is 2. The van der Waals surface area contributed by atoms with Gasteiger partial charge in [0.25, 0.3) is 0 Å². The summed E-state index contributed by atoms with van der Waals surface area (Å²) in [6.45, 7) is 4.41. The van der Waals surface area contributed by atoms with Crippen LogP contribution in [-0.2, 0) is 6.61 Å². The van der Waals surface area contributed by atoms with Gasteiger partial charge in [-0.3, -0.25) is 5.10 Å². The summed E-state index contributed by atoms with van der Waals surface area (Å²) in [5.74, 6) is 0.778. The lowest BCUT2D eigenvalue weighted by molar-refractivity contribution is 0.304. The highest BCUT2D eigenvalue weighted by atomic mass is 32.1. The number of aromatic nitrogens is 3. The number of hydrogen-bond acceptors (Lipinski definition) is 5. The second-order valence-corrected chi connectivity index (χ2v) is 7.58. The average molecular weight is 377 g/mol. The predicted octanol–water partition coefficient (Wildman–Crippen LogP) is 5.10. The molecule has 0 bridgehead atoms. The Kier molecular flexibility index (Phi) is 4.64. The Morgan fingerprint density at radius 1 is 1.11 bits per heavy atom. The molecule has 0 aliphatic rings. The molecule has 4 rings (SSSR count). The highest BCUT2D eigenvalue weighted by Crippen LogP contribution is 2.40. The first-order valence-corrected chi connectivity index (χ1v) is 9.40. The van der Waals surface area contributed by atoms with Crippen molar-refractivity contribution in [3.8, 4) is 33.3 Å². The van der Waals surface area contributed by atoms with Gasteiger partial charge in [0.2, 0.25) is 0 Å². The molecule has 0 saturated heterocycles. The number of ether oxygens (including phenoxy) is 1. The van der Waals surface area contributed by atoms with Gasteiger partial charge in [0, 0.05) is 22.7 Å². The molecule has 4 aromatic rings. The molecular weight excluding hydrogens is 358 g/mol. The van der Waals surface area contributed by atoms with Crippen LogP contribution in [0, 0.1) is 13.8 Å². The van der Waals surface area contributed by atoms with Gasteiger partial charge in [-0.05, 0) is 31.0 Å². The predicted molar refractivity (Wildman–Crippen MR) is 107 cm³/mol. The van der Waals surface area contributed by atoms with Crippen molar-refractivity contribution in [2.45, 2.75) is 20.5 Å². The lowest BCUT2D eigenvalue weighted by atomic mass is 10.0. The minimum absolute atomic E-state index is 0.150. The zero-order valence-electron chi connectivity index (χ0n) is 15.1. The first kappa shape index (κ1) is 17.3. The van der Waals surface area contributed by atoms with Gasteiger partial charge in [-0.15, -0.1) is 11.3 Å². The lowest BCUT2D eigenvalue weighted by Gasteiger charge is -2.12. The molecule has 0 aliphatic heterocycles. The molecule has 0 amide bonds. The molecule has 2 aromatic carbocycles. The topological polar surface area (TPSA) is 71.0 Å². The molecule has 0 spiro atoms. The van der Waals surface area contributed by atoms with E-state index in [4.69, 9.17) is 4.74 Å². The maximum Gasteiger partial charge on any atom is 0.128 e. The maximum absolute atomic E-state index is 10.7. The van der Waals surface area contributed by atoms with Crippen LogP contribution in [0.15, 0.2) is 54.9 Å². The number of aromatic hydroxyl groups is 1. The summed E-state index contributed by atoms with van der Waals surface area (Å²) >= 11 is 1.60. The number of phenolic OH excluding ortho intramolecular Hbond substituents is 1. The van der Waals surface area contributed by atoms with E-state index in [0.717, 1.165) is 32.3 Å². The van der Waals surface area contributed by atoms with Gasteiger partial charge in [0.15, 0.2) is 0 Å². The van der Waals surface area contributed by atoms with Crippen LogP contribution in [0.2, 0.25) is 0 Å². The molecule has 5 nitrogen and oxygen atoms in total. The summed E-state index contributed by atoms with van der Waals surface area (Å²) in [5.41, 5.74) is 4.33. The van der Waals surface area contributed by atoms with Gasteiger partial charge in [-0.2, -0.15) is 5.10 Å². The van der Waals surface area contributed by atoms with Crippen molar-refractivity contribution in [2.75, 3.05) is 0 Å². The highest BCUT2D eigenvalue weighted by Gasteiger charge is 2.18. The minimum Gasteiger partial charge on any atom is -0.507 e. The number of benzene rings is 2. The van der Waals surface area contributed by atoms with Crippen LogP contribution in [0.5, 0.6) is 11.5 Å². The van der Waals surface area contributed by atoms with E-state index in [9.17, 15) is 5.11 Å². The smallest absolute Gasteiger partial charge is 0.128 e. The molecule has 0 aliphatic carbocycles. The maximum atomic E-state index is 10.7. The van der Waals surface area contributed by atoms with Crippen LogP contribution >= 0.6 is 11.3 Å². The Hall–Kier alpha value is -3.12. The number of H-pyrrole nitrogens is 1. The van der Waals surface area contributed by atoms with Gasteiger partial charge in [-0.1, -0.05) is 30.3 Å². The molecule has 0 unspecified atom stereocenters. The van der Waals surface area contributed by atoms with Gasteiger partial charge in [0.05, 0.1) is 17.5 Å². The first-order chi connectivity index (χ1) is 13.1. The summed E-state index contributed by atoms with van der Waals surface area (Å²) in [6.07, 6.45) is 3.58. The van der Waals surface area contributed by atoms with Crippen molar-refractivity contribution in [3.05, 3.63) is 70.9 Å². The Labute approximate surface area is 161 Å². The zero-order chi connectivity index (χ0) is 18.8. The Morgan fingerprint density at radius 2 is 1.93 bits per heavy atom. The molecular formula is C21H19N3O2S. The fraction of sp³-hybridized carbons (Fsp3) is 0.143. The monoisotopic (exact) mass is 377 g/mol. The van der Waals surface area contributed by atoms with E-state index >= 15 is 0 Å². The zero-order valence-corrected chi connectivity index (χ0v) is 15.9. The number of nitrogens with zero attached hydrogens (tertiary/aromatic N) is 2. The molecule has 27 heavy (non-hydrogen) atoms. The van der Waals surface area contributed by atoms with Crippen LogP contribution in [0.4, 0.5) is 0 Å². The standard InChI is InChI=1S/C21H19N3O2S/c1-13-8-16(26-12-15-6-4-3-5-7-15)9-18(25)19(13)20-17(11-23-24-20)21-22-10-14(2)27-21/h3-11,25H,12H2,1-2H3,(H,23,24). The van der Waals surface area contributed by atoms with Crippen molar-refractivity contribution >= 4 is 11.3 Å². The van der Waals surface area contributed by atoms with Crippen LogP contribution in [-0.4, -0.2) is 20.3 Å². The van der Waals surface area contributed by atoms with Crippen molar-refractivity contribution in [1.29, 1.82) is 0 Å². The number of aromatic amines is 1. The normalized spacial score (nSPS) is 10.9. The van der Waals surface area contributed by atoms with E-state index < -0.39 is 0 Å². The van der Waals surface area contributed by atoms with Gasteiger partial charge in [-0.25, -0.2) is 4.98 Å². The first-order valence-electron chi connectivity index (χ1n) is 8.58. The van der Waals surface area contributed by atoms with Crippen molar-refractivity contribution in [1.82, 2.24) is 15.2 Å². The Morgan fingerprint density at radius 3 is 2.63 bits per heavy atom. The Bertz CT molecular complexity index is 1050. The fourth-order valence-corrected chi connectivity index (χ4v) is 3.78. The summed E-state index contributed by atoms with van der Waals surface area (Å²) in [7, 11) is 0. The molecule has 0 radical (unpaired) electrons. The van der Waals surface area contributed by atoms with E-state index in [1.54, 1.807) is 23.6 Å². The SMILES string of the molecule is Cc1cnc(-c2cn[nH]c2-c2c(C)cc(OCc3ccccc3)cc2O)s1. The van der Waals surface area contributed by atoms with E-state index in [2.05, 4.69) is 15.2 Å². The minimum atomic E-state index is 0.150. The quantitative estimate of drug-likeness (QED) is 0.507. The van der Waals surface area contributed by atoms with E-state index in [1.807, 2.05) is 56.4 Å². The van der Waals surface area contributed by atoms with Gasteiger partial charge in [0.1, 0.15) is 23.1 Å². The molecule has 0 fully saturated rings. The van der Waals surface area contributed by atoms with Crippen LogP contribution < -0.4 is 4.74 Å². The number of thiazole rings is 1. The summed E-state index contributed by atoms with van der Waals surface area (Å²) in [6, 6.07) is 13.5. The van der Waals surface area contributed by atoms with E-state index in [-0.39, 0.29) is 5.75 Å². The third kappa shape index (κ3) is 3.57. The number of aryl methyl sites for hydroxylation is 2. The Balaban J connectivity index is 1.64. The fourth-order valence-electron chi connectivity index (χ4n) is 3.00. The van der Waals surface area contributed by atoms with Gasteiger partial charge >= 0.3 is 0 Å². The second kappa shape index (κ2) is 7.25. The van der Waals surface area contributed by atoms with Crippen LogP contribution in [0.3, 0.4) is 0 Å². The van der Waals surface area contributed by atoms with E-state index in [0.29, 0.717) is 17.9 Å². The summed E-state index contributed by atoms with van der Waals surface area (Å²) in [5, 5.41) is 18.7. The third-order valence-corrected chi connectivity index (χ3v) is 5.22. The summed E-state index contributed by atoms with van der Waals surface area (Å²) < 4.78 is 5.85. The number of nitrogens with one attached hydrogen (secondary N) is 1. The number of phenols is 1. The average Bonchev–Trinajstić information content (AvgIpc) is 3.29. The summed E-state index contributed by atoms with van der Waals surface area (Å²) in [4.78, 5) is 5.56. The second-order valence-electron chi connectivity index (χ2n) is 6.34. The van der Waals surface area contributed by atoms with Crippen LogP contribution in [0.25, 0.3) is 21.8 Å². The molecule has 136 valence electrons. The third-order valence-electron chi connectivity index (χ3n) is 4.28. The molecule has 2 aromatic heterocycles. The lowest BCUT2D eigenvalue weighted by Crippen LogP contribution is -1.96. The van der Waals surface area contributed by atoms with E-state index in [1.165, 1.54) is 0 Å².